The number of ether oxygens (including phenoxy) is 1. The predicted octanol–water partition coefficient (Wildman–Crippen LogP) is 4.20. The van der Waals surface area contributed by atoms with Crippen molar-refractivity contribution in [2.24, 2.45) is 0 Å². The average Bonchev–Trinajstić information content (AvgIpc) is 2.76. The second-order valence-electron chi connectivity index (χ2n) is 9.78. The second kappa shape index (κ2) is 9.94. The fourth-order valence-electron chi connectivity index (χ4n) is 4.69. The van der Waals surface area contributed by atoms with Gasteiger partial charge in [-0.15, -0.1) is 0 Å². The molecule has 31 heavy (non-hydrogen) atoms. The molecule has 0 aromatic heterocycles. The summed E-state index contributed by atoms with van der Waals surface area (Å²) in [7, 11) is 0. The Hall–Kier alpha value is -2.21. The number of aliphatic hydroxyl groups is 1. The van der Waals surface area contributed by atoms with Crippen molar-refractivity contribution in [3.8, 4) is 0 Å². The molecule has 2 aromatic rings. The summed E-state index contributed by atoms with van der Waals surface area (Å²) in [4.78, 5) is 15.0. The Balaban J connectivity index is 0.000000176. The Bertz CT molecular complexity index is 823. The fourth-order valence-corrected chi connectivity index (χ4v) is 4.69. The van der Waals surface area contributed by atoms with Crippen LogP contribution in [0.1, 0.15) is 51.7 Å². The Morgan fingerprint density at radius 2 is 1.35 bits per heavy atom. The van der Waals surface area contributed by atoms with E-state index in [1.807, 2.05) is 24.3 Å². The highest BCUT2D eigenvalue weighted by molar-refractivity contribution is 5.38. The van der Waals surface area contributed by atoms with Gasteiger partial charge in [0.15, 0.2) is 6.23 Å². The standard InChI is InChI=1S/C13H17NO2.C13H19NO/c1-13(2)8-12(16-10-15)14(13)9-11-6-4-3-5-7-11;1-13(2)8-12(10-15)14(13)9-11-6-4-3-5-7-11/h3-7,10,12H,8-9H2,1-2H3;3-7,12,15H,8-10H2,1-2H3. The summed E-state index contributed by atoms with van der Waals surface area (Å²) >= 11 is 0. The highest BCUT2D eigenvalue weighted by atomic mass is 16.5. The van der Waals surface area contributed by atoms with Gasteiger partial charge in [-0.2, -0.15) is 0 Å². The predicted molar refractivity (Wildman–Crippen MR) is 123 cm³/mol. The molecule has 2 fully saturated rings. The van der Waals surface area contributed by atoms with E-state index in [9.17, 15) is 9.90 Å². The van der Waals surface area contributed by atoms with Gasteiger partial charge in [0.2, 0.25) is 0 Å². The van der Waals surface area contributed by atoms with E-state index in [1.165, 1.54) is 11.1 Å². The van der Waals surface area contributed by atoms with Crippen LogP contribution in [0.4, 0.5) is 0 Å². The summed E-state index contributed by atoms with van der Waals surface area (Å²) in [6.45, 7) is 11.4. The van der Waals surface area contributed by atoms with Crippen LogP contribution in [0.5, 0.6) is 0 Å². The summed E-state index contributed by atoms with van der Waals surface area (Å²) in [5, 5.41) is 9.23. The number of benzene rings is 2. The third-order valence-corrected chi connectivity index (χ3v) is 6.57. The molecule has 0 saturated carbocycles. The van der Waals surface area contributed by atoms with Crippen molar-refractivity contribution in [3.63, 3.8) is 0 Å². The van der Waals surface area contributed by atoms with Crippen molar-refractivity contribution in [2.45, 2.75) is 77.0 Å². The van der Waals surface area contributed by atoms with E-state index in [2.05, 4.69) is 73.9 Å². The van der Waals surface area contributed by atoms with Gasteiger partial charge in [0.1, 0.15) is 0 Å². The number of rotatable bonds is 7. The molecule has 2 aliphatic heterocycles. The summed E-state index contributed by atoms with van der Waals surface area (Å²) in [5.41, 5.74) is 2.92. The minimum Gasteiger partial charge on any atom is -0.448 e. The Morgan fingerprint density at radius 1 is 0.871 bits per heavy atom. The number of likely N-dealkylation sites (tertiary alicyclic amines) is 2. The molecule has 2 unspecified atom stereocenters. The lowest BCUT2D eigenvalue weighted by Crippen LogP contribution is -2.63. The van der Waals surface area contributed by atoms with Gasteiger partial charge in [-0.25, -0.2) is 0 Å². The van der Waals surface area contributed by atoms with Crippen LogP contribution < -0.4 is 0 Å². The molecule has 5 nitrogen and oxygen atoms in total. The van der Waals surface area contributed by atoms with E-state index < -0.39 is 0 Å². The number of aliphatic hydroxyl groups excluding tert-OH is 1. The SMILES string of the molecule is CC1(C)CC(CO)N1Cc1ccccc1.CC1(C)CC(OC=O)N1Cc1ccccc1. The number of hydrogen-bond donors (Lipinski definition) is 1. The molecule has 2 heterocycles. The molecule has 5 heteroatoms. The molecule has 2 saturated heterocycles. The van der Waals surface area contributed by atoms with Crippen molar-refractivity contribution in [2.75, 3.05) is 6.61 Å². The van der Waals surface area contributed by atoms with Crippen molar-refractivity contribution in [1.82, 2.24) is 9.80 Å². The number of nitrogens with zero attached hydrogens (tertiary/aromatic N) is 2. The molecule has 168 valence electrons. The number of carbonyl (C=O) groups excluding carboxylic acids is 1. The summed E-state index contributed by atoms with van der Waals surface area (Å²) in [6, 6.07) is 21.0. The maximum Gasteiger partial charge on any atom is 0.294 e. The van der Waals surface area contributed by atoms with Crippen LogP contribution in [0.15, 0.2) is 60.7 Å². The zero-order valence-corrected chi connectivity index (χ0v) is 19.2. The van der Waals surface area contributed by atoms with Gasteiger partial charge in [-0.3, -0.25) is 14.6 Å². The molecule has 0 spiro atoms. The number of hydrogen-bond acceptors (Lipinski definition) is 5. The number of carbonyl (C=O) groups is 1. The van der Waals surface area contributed by atoms with Gasteiger partial charge in [0, 0.05) is 36.6 Å². The molecule has 0 bridgehead atoms. The van der Waals surface area contributed by atoms with E-state index in [0.29, 0.717) is 12.5 Å². The second-order valence-corrected chi connectivity index (χ2v) is 9.78. The minimum absolute atomic E-state index is 0.0623. The van der Waals surface area contributed by atoms with Gasteiger partial charge in [-0.05, 0) is 45.2 Å². The molecule has 0 radical (unpaired) electrons. The highest BCUT2D eigenvalue weighted by Crippen LogP contribution is 2.38. The third kappa shape index (κ3) is 5.73. The Labute approximate surface area is 186 Å². The van der Waals surface area contributed by atoms with E-state index in [4.69, 9.17) is 4.74 Å². The van der Waals surface area contributed by atoms with Gasteiger partial charge in [0.25, 0.3) is 6.47 Å². The third-order valence-electron chi connectivity index (χ3n) is 6.57. The van der Waals surface area contributed by atoms with Crippen LogP contribution in [0.2, 0.25) is 0 Å². The Kier molecular flexibility index (Phi) is 7.52. The minimum atomic E-state index is -0.0623. The zero-order chi connectivity index (χ0) is 22.5. The van der Waals surface area contributed by atoms with Crippen LogP contribution in [0.25, 0.3) is 0 Å². The van der Waals surface area contributed by atoms with Gasteiger partial charge in [-0.1, -0.05) is 60.7 Å². The molecule has 2 aliphatic rings. The highest BCUT2D eigenvalue weighted by Gasteiger charge is 2.46. The Morgan fingerprint density at radius 3 is 1.77 bits per heavy atom. The topological polar surface area (TPSA) is 53.0 Å². The monoisotopic (exact) mass is 424 g/mol. The van der Waals surface area contributed by atoms with Gasteiger partial charge < -0.3 is 9.84 Å². The first kappa shape index (κ1) is 23.5. The van der Waals surface area contributed by atoms with Crippen molar-refractivity contribution >= 4 is 6.47 Å². The molecule has 1 N–H and O–H groups in total. The molecule has 0 aliphatic carbocycles. The van der Waals surface area contributed by atoms with Crippen LogP contribution in [-0.4, -0.2) is 51.3 Å². The summed E-state index contributed by atoms with van der Waals surface area (Å²) < 4.78 is 5.04. The molecular weight excluding hydrogens is 388 g/mol. The van der Waals surface area contributed by atoms with Gasteiger partial charge in [0.05, 0.1) is 6.61 Å². The quantitative estimate of drug-likeness (QED) is 0.675. The molecule has 4 rings (SSSR count). The van der Waals surface area contributed by atoms with Crippen LogP contribution >= 0.6 is 0 Å². The molecule has 2 atom stereocenters. The lowest BCUT2D eigenvalue weighted by Gasteiger charge is -2.54. The van der Waals surface area contributed by atoms with Crippen LogP contribution in [0, 0.1) is 0 Å². The first-order valence-corrected chi connectivity index (χ1v) is 11.1. The van der Waals surface area contributed by atoms with Crippen molar-refractivity contribution in [1.29, 1.82) is 0 Å². The zero-order valence-electron chi connectivity index (χ0n) is 19.2. The molecule has 2 aromatic carbocycles. The largest absolute Gasteiger partial charge is 0.448 e. The summed E-state index contributed by atoms with van der Waals surface area (Å²) in [5.74, 6) is 0. The van der Waals surface area contributed by atoms with Crippen molar-refractivity contribution < 1.29 is 14.6 Å². The van der Waals surface area contributed by atoms with Crippen LogP contribution in [-0.2, 0) is 22.6 Å². The lowest BCUT2D eigenvalue weighted by atomic mass is 9.81. The first-order valence-electron chi connectivity index (χ1n) is 11.1. The first-order chi connectivity index (χ1) is 14.8. The van der Waals surface area contributed by atoms with E-state index in [0.717, 1.165) is 25.9 Å². The average molecular weight is 425 g/mol. The van der Waals surface area contributed by atoms with E-state index in [1.54, 1.807) is 0 Å². The van der Waals surface area contributed by atoms with Crippen LogP contribution in [0.3, 0.4) is 0 Å². The van der Waals surface area contributed by atoms with E-state index >= 15 is 0 Å². The summed E-state index contributed by atoms with van der Waals surface area (Å²) in [6.07, 6.45) is 1.93. The lowest BCUT2D eigenvalue weighted by molar-refractivity contribution is -0.193. The van der Waals surface area contributed by atoms with Crippen molar-refractivity contribution in [3.05, 3.63) is 71.8 Å². The molecule has 0 amide bonds. The normalized spacial score (nSPS) is 24.2. The fraction of sp³-hybridized carbons (Fsp3) is 0.500. The molecular formula is C26H36N2O3. The maximum absolute atomic E-state index is 10.4. The van der Waals surface area contributed by atoms with E-state index in [-0.39, 0.29) is 23.9 Å². The van der Waals surface area contributed by atoms with Gasteiger partial charge >= 0.3 is 0 Å². The smallest absolute Gasteiger partial charge is 0.294 e. The maximum atomic E-state index is 10.4.